The topological polar surface area (TPSA) is 49.9 Å². The Kier molecular flexibility index (Phi) is 5.06. The molecule has 0 aliphatic carbocycles. The summed E-state index contributed by atoms with van der Waals surface area (Å²) in [4.78, 5) is 10.4. The molecule has 4 aromatic rings. The summed E-state index contributed by atoms with van der Waals surface area (Å²) in [6.07, 6.45) is 5.70. The molecular weight excluding hydrogens is 409 g/mol. The predicted molar refractivity (Wildman–Crippen MR) is 121 cm³/mol. The second kappa shape index (κ2) is 8.16. The van der Waals surface area contributed by atoms with Crippen molar-refractivity contribution in [2.75, 3.05) is 0 Å². The molecule has 0 fully saturated rings. The SMILES string of the molecule is Oc1c(/C=c2\ccc3c(c2)C=CN=3)sc(=NCc2ccc(F)cc2)n1-c1ccccc1. The van der Waals surface area contributed by atoms with Gasteiger partial charge >= 0.3 is 0 Å². The molecule has 0 bridgehead atoms. The quantitative estimate of drug-likeness (QED) is 0.527. The molecule has 152 valence electrons. The van der Waals surface area contributed by atoms with Gasteiger partial charge in [-0.25, -0.2) is 4.39 Å². The monoisotopic (exact) mass is 427 g/mol. The Labute approximate surface area is 181 Å². The predicted octanol–water partition coefficient (Wildman–Crippen LogP) is 3.92. The minimum absolute atomic E-state index is 0.134. The molecule has 1 aliphatic heterocycles. The van der Waals surface area contributed by atoms with E-state index >= 15 is 0 Å². The molecule has 1 aromatic heterocycles. The molecule has 1 aliphatic rings. The molecular formula is C25H18FN3OS. The Hall–Kier alpha value is -3.77. The van der Waals surface area contributed by atoms with Crippen LogP contribution in [0.5, 0.6) is 5.88 Å². The summed E-state index contributed by atoms with van der Waals surface area (Å²) in [6.45, 7) is 0.387. The third-order valence-corrected chi connectivity index (χ3v) is 5.98. The molecule has 2 heterocycles. The fourth-order valence-corrected chi connectivity index (χ4v) is 4.40. The van der Waals surface area contributed by atoms with Crippen LogP contribution in [0.2, 0.25) is 0 Å². The van der Waals surface area contributed by atoms with Crippen LogP contribution in [-0.4, -0.2) is 9.67 Å². The van der Waals surface area contributed by atoms with Crippen molar-refractivity contribution in [1.29, 1.82) is 0 Å². The van der Waals surface area contributed by atoms with E-state index in [9.17, 15) is 9.50 Å². The summed E-state index contributed by atoms with van der Waals surface area (Å²) in [6, 6.07) is 21.9. The van der Waals surface area contributed by atoms with Gasteiger partial charge in [0.2, 0.25) is 5.88 Å². The van der Waals surface area contributed by atoms with Crippen LogP contribution in [0, 0.1) is 5.82 Å². The number of fused-ring (bicyclic) bond motifs is 1. The van der Waals surface area contributed by atoms with Gasteiger partial charge in [-0.2, -0.15) is 0 Å². The van der Waals surface area contributed by atoms with E-state index in [0.717, 1.165) is 27.4 Å². The smallest absolute Gasteiger partial charge is 0.215 e. The molecule has 0 saturated heterocycles. The summed E-state index contributed by atoms with van der Waals surface area (Å²) in [5, 5.41) is 13.0. The van der Waals surface area contributed by atoms with Crippen molar-refractivity contribution in [3.8, 4) is 11.6 Å². The highest BCUT2D eigenvalue weighted by atomic mass is 32.1. The number of aromatic nitrogens is 1. The molecule has 5 rings (SSSR count). The number of thiazole rings is 1. The molecule has 1 N–H and O–H groups in total. The summed E-state index contributed by atoms with van der Waals surface area (Å²) in [7, 11) is 0. The zero-order chi connectivity index (χ0) is 21.2. The Balaban J connectivity index is 1.62. The van der Waals surface area contributed by atoms with Crippen LogP contribution < -0.4 is 15.4 Å². The maximum atomic E-state index is 13.2. The minimum Gasteiger partial charge on any atom is -0.493 e. The van der Waals surface area contributed by atoms with E-state index in [1.54, 1.807) is 22.9 Å². The van der Waals surface area contributed by atoms with Gasteiger partial charge < -0.3 is 5.11 Å². The Morgan fingerprint density at radius 3 is 2.65 bits per heavy atom. The summed E-state index contributed by atoms with van der Waals surface area (Å²) in [5.74, 6) is -0.138. The van der Waals surface area contributed by atoms with E-state index in [1.807, 2.05) is 60.7 Å². The van der Waals surface area contributed by atoms with Crippen molar-refractivity contribution in [3.05, 3.63) is 116 Å². The highest BCUT2D eigenvalue weighted by molar-refractivity contribution is 7.10. The number of nitrogens with zero attached hydrogens (tertiary/aromatic N) is 3. The standard InChI is InChI=1S/C25H18FN3OS/c26-20-9-6-17(7-10-20)16-28-25-29(21-4-2-1-3-5-21)24(30)23(31-25)15-18-8-11-22-19(14-18)12-13-27-22/h1-15,30H,16H2/b18-15+,28-25?. The summed E-state index contributed by atoms with van der Waals surface area (Å²) in [5.41, 5.74) is 2.78. The first-order valence-corrected chi connectivity index (χ1v) is 10.6. The van der Waals surface area contributed by atoms with E-state index in [2.05, 4.69) is 4.99 Å². The number of hydrogen-bond acceptors (Lipinski definition) is 4. The van der Waals surface area contributed by atoms with Gasteiger partial charge in [-0.3, -0.25) is 14.6 Å². The zero-order valence-corrected chi connectivity index (χ0v) is 17.3. The third-order valence-electron chi connectivity index (χ3n) is 4.97. The van der Waals surface area contributed by atoms with Gasteiger partial charge in [-0.1, -0.05) is 47.7 Å². The van der Waals surface area contributed by atoms with Crippen LogP contribution in [-0.2, 0) is 6.54 Å². The second-order valence-corrected chi connectivity index (χ2v) is 8.10. The lowest BCUT2D eigenvalue weighted by Gasteiger charge is -2.05. The van der Waals surface area contributed by atoms with Crippen LogP contribution >= 0.6 is 11.3 Å². The first-order chi connectivity index (χ1) is 15.2. The third kappa shape index (κ3) is 3.98. The average molecular weight is 428 g/mol. The van der Waals surface area contributed by atoms with Crippen molar-refractivity contribution in [2.45, 2.75) is 6.54 Å². The van der Waals surface area contributed by atoms with Crippen LogP contribution in [0.1, 0.15) is 16.0 Å². The number of benzene rings is 3. The first-order valence-electron chi connectivity index (χ1n) is 9.79. The lowest BCUT2D eigenvalue weighted by molar-refractivity contribution is 0.439. The Bertz CT molecular complexity index is 1470. The Morgan fingerprint density at radius 2 is 1.84 bits per heavy atom. The van der Waals surface area contributed by atoms with E-state index in [-0.39, 0.29) is 11.7 Å². The number of para-hydroxylation sites is 1. The maximum absolute atomic E-state index is 13.2. The minimum atomic E-state index is -0.272. The van der Waals surface area contributed by atoms with Crippen LogP contribution in [0.15, 0.2) is 89.0 Å². The molecule has 3 aromatic carbocycles. The van der Waals surface area contributed by atoms with Crippen LogP contribution in [0.4, 0.5) is 4.39 Å². The first kappa shape index (κ1) is 19.2. The van der Waals surface area contributed by atoms with Gasteiger partial charge in [-0.15, -0.1) is 0 Å². The molecule has 0 radical (unpaired) electrons. The average Bonchev–Trinajstić information content (AvgIpc) is 3.38. The van der Waals surface area contributed by atoms with E-state index in [4.69, 9.17) is 4.99 Å². The highest BCUT2D eigenvalue weighted by Gasteiger charge is 2.12. The highest BCUT2D eigenvalue weighted by Crippen LogP contribution is 2.24. The molecule has 0 amide bonds. The molecule has 0 unspecified atom stereocenters. The van der Waals surface area contributed by atoms with Crippen molar-refractivity contribution < 1.29 is 9.50 Å². The maximum Gasteiger partial charge on any atom is 0.215 e. The lowest BCUT2D eigenvalue weighted by atomic mass is 10.2. The fraction of sp³-hybridized carbons (Fsp3) is 0.0400. The van der Waals surface area contributed by atoms with Crippen molar-refractivity contribution >= 4 is 23.5 Å². The lowest BCUT2D eigenvalue weighted by Crippen LogP contribution is -2.12. The summed E-state index contributed by atoms with van der Waals surface area (Å²) >= 11 is 1.41. The van der Waals surface area contributed by atoms with Gasteiger partial charge in [0.15, 0.2) is 4.80 Å². The van der Waals surface area contributed by atoms with Gasteiger partial charge in [0.1, 0.15) is 5.82 Å². The summed E-state index contributed by atoms with van der Waals surface area (Å²) < 4.78 is 14.9. The van der Waals surface area contributed by atoms with Crippen LogP contribution in [0.25, 0.3) is 17.8 Å². The molecule has 0 saturated carbocycles. The number of aromatic hydroxyl groups is 1. The van der Waals surface area contributed by atoms with Crippen molar-refractivity contribution in [2.24, 2.45) is 9.98 Å². The normalized spacial score (nSPS) is 13.5. The van der Waals surface area contributed by atoms with Crippen molar-refractivity contribution in [1.82, 2.24) is 4.57 Å². The largest absolute Gasteiger partial charge is 0.493 e. The molecule has 4 nitrogen and oxygen atoms in total. The van der Waals surface area contributed by atoms with Gasteiger partial charge in [-0.05, 0) is 59.3 Å². The fourth-order valence-electron chi connectivity index (χ4n) is 3.41. The van der Waals surface area contributed by atoms with Crippen molar-refractivity contribution in [3.63, 3.8) is 0 Å². The van der Waals surface area contributed by atoms with E-state index < -0.39 is 0 Å². The van der Waals surface area contributed by atoms with Crippen LogP contribution in [0.3, 0.4) is 0 Å². The number of rotatable bonds is 4. The molecule has 31 heavy (non-hydrogen) atoms. The molecule has 6 heteroatoms. The number of hydrogen-bond donors (Lipinski definition) is 1. The second-order valence-electron chi connectivity index (χ2n) is 7.09. The molecule has 0 spiro atoms. The Morgan fingerprint density at radius 1 is 1.03 bits per heavy atom. The molecule has 0 atom stereocenters. The van der Waals surface area contributed by atoms with Gasteiger partial charge in [0, 0.05) is 11.8 Å². The van der Waals surface area contributed by atoms with E-state index in [1.165, 1.54) is 23.5 Å². The van der Waals surface area contributed by atoms with Gasteiger partial charge in [0.05, 0.1) is 22.5 Å². The van der Waals surface area contributed by atoms with Gasteiger partial charge in [0.25, 0.3) is 0 Å². The zero-order valence-electron chi connectivity index (χ0n) is 16.4. The number of halogens is 1. The van der Waals surface area contributed by atoms with E-state index in [0.29, 0.717) is 16.2 Å².